The molecule has 0 bridgehead atoms. The van der Waals surface area contributed by atoms with Crippen LogP contribution in [-0.4, -0.2) is 24.8 Å². The molecule has 68 valence electrons. The third-order valence-corrected chi connectivity index (χ3v) is 4.93. The number of hydrogen-bond donors (Lipinski definition) is 1. The lowest BCUT2D eigenvalue weighted by Gasteiger charge is -2.24. The van der Waals surface area contributed by atoms with E-state index in [2.05, 4.69) is 10.5 Å². The second-order valence-electron chi connectivity index (χ2n) is 3.38. The van der Waals surface area contributed by atoms with Crippen LogP contribution in [0.4, 0.5) is 0 Å². The van der Waals surface area contributed by atoms with Crippen LogP contribution in [0.15, 0.2) is 5.10 Å². The van der Waals surface area contributed by atoms with Crippen LogP contribution < -0.4 is 5.43 Å². The van der Waals surface area contributed by atoms with Crippen LogP contribution in [-0.2, 0) is 9.84 Å². The van der Waals surface area contributed by atoms with Crippen LogP contribution >= 0.6 is 0 Å². The number of sulfone groups is 1. The highest BCUT2D eigenvalue weighted by Crippen LogP contribution is 2.28. The molecule has 1 aliphatic heterocycles. The average Bonchev–Trinajstić information content (AvgIpc) is 2.46. The van der Waals surface area contributed by atoms with Crippen LogP contribution in [0.2, 0.25) is 0 Å². The molecule has 1 N–H and O–H groups in total. The third kappa shape index (κ3) is 0.957. The van der Waals surface area contributed by atoms with E-state index >= 15 is 0 Å². The van der Waals surface area contributed by atoms with Gasteiger partial charge in [-0.15, -0.1) is 0 Å². The first-order valence-electron chi connectivity index (χ1n) is 4.16. The van der Waals surface area contributed by atoms with E-state index in [4.69, 9.17) is 0 Å². The van der Waals surface area contributed by atoms with E-state index in [1.54, 1.807) is 6.92 Å². The molecule has 2 atom stereocenters. The van der Waals surface area contributed by atoms with Gasteiger partial charge in [0.15, 0.2) is 9.84 Å². The smallest absolute Gasteiger partial charge is 0.198 e. The summed E-state index contributed by atoms with van der Waals surface area (Å²) in [6.45, 7) is 1.55. The number of nitrogens with one attached hydrogen (secondary N) is 1. The van der Waals surface area contributed by atoms with Gasteiger partial charge in [-0.05, 0) is 26.2 Å². The largest absolute Gasteiger partial charge is 0.305 e. The van der Waals surface area contributed by atoms with Crippen LogP contribution in [0.5, 0.6) is 0 Å². The molecule has 1 aliphatic carbocycles. The molecule has 0 amide bonds. The summed E-state index contributed by atoms with van der Waals surface area (Å²) in [5.74, 6) is 0. The van der Waals surface area contributed by atoms with Gasteiger partial charge in [-0.25, -0.2) is 8.42 Å². The van der Waals surface area contributed by atoms with Gasteiger partial charge in [-0.1, -0.05) is 0 Å². The number of hydrazone groups is 1. The Labute approximate surface area is 72.0 Å². The lowest BCUT2D eigenvalue weighted by Crippen LogP contribution is -2.45. The minimum Gasteiger partial charge on any atom is -0.305 e. The van der Waals surface area contributed by atoms with Gasteiger partial charge in [0.1, 0.15) is 5.04 Å². The van der Waals surface area contributed by atoms with Crippen molar-refractivity contribution >= 4 is 14.9 Å². The Hall–Kier alpha value is -0.580. The number of nitrogens with zero attached hydrogens (tertiary/aromatic N) is 1. The van der Waals surface area contributed by atoms with Gasteiger partial charge in [-0.3, -0.25) is 0 Å². The maximum atomic E-state index is 11.6. The van der Waals surface area contributed by atoms with E-state index in [0.29, 0.717) is 0 Å². The molecule has 1 fully saturated rings. The molecule has 0 radical (unpaired) electrons. The van der Waals surface area contributed by atoms with Crippen molar-refractivity contribution in [3.8, 4) is 0 Å². The van der Waals surface area contributed by atoms with E-state index in [0.717, 1.165) is 19.3 Å². The predicted molar refractivity (Wildman–Crippen MR) is 46.6 cm³/mol. The van der Waals surface area contributed by atoms with Crippen molar-refractivity contribution in [1.29, 1.82) is 0 Å². The fourth-order valence-electron chi connectivity index (χ4n) is 1.90. The van der Waals surface area contributed by atoms with Crippen molar-refractivity contribution < 1.29 is 8.42 Å². The molecule has 0 spiro atoms. The molecular formula is C7H12N2O2S. The van der Waals surface area contributed by atoms with E-state index in [1.807, 2.05) is 0 Å². The zero-order valence-electron chi connectivity index (χ0n) is 6.95. The Morgan fingerprint density at radius 1 is 1.50 bits per heavy atom. The molecule has 2 unspecified atom stereocenters. The van der Waals surface area contributed by atoms with Crippen molar-refractivity contribution in [2.45, 2.75) is 37.5 Å². The maximum absolute atomic E-state index is 11.6. The van der Waals surface area contributed by atoms with Gasteiger partial charge >= 0.3 is 0 Å². The van der Waals surface area contributed by atoms with Gasteiger partial charge < -0.3 is 5.43 Å². The first-order chi connectivity index (χ1) is 5.62. The van der Waals surface area contributed by atoms with Crippen molar-refractivity contribution in [2.24, 2.45) is 5.10 Å². The lowest BCUT2D eigenvalue weighted by molar-refractivity contribution is 0.515. The standard InChI is InChI=1S/C7H12N2O2S/c1-5-8-9-6-3-2-4-7(6)12(5,10)11/h6-7,9H,2-4H2,1H3. The minimum atomic E-state index is -3.05. The van der Waals surface area contributed by atoms with E-state index in [-0.39, 0.29) is 16.3 Å². The van der Waals surface area contributed by atoms with E-state index in [1.165, 1.54) is 0 Å². The van der Waals surface area contributed by atoms with Crippen LogP contribution in [0, 0.1) is 0 Å². The maximum Gasteiger partial charge on any atom is 0.198 e. The van der Waals surface area contributed by atoms with Crippen molar-refractivity contribution in [3.63, 3.8) is 0 Å². The molecule has 2 aliphatic rings. The minimum absolute atomic E-state index is 0.0682. The molecule has 0 aromatic rings. The molecular weight excluding hydrogens is 176 g/mol. The zero-order chi connectivity index (χ0) is 8.77. The first-order valence-corrected chi connectivity index (χ1v) is 5.71. The second-order valence-corrected chi connectivity index (χ2v) is 5.67. The molecule has 5 heteroatoms. The molecule has 12 heavy (non-hydrogen) atoms. The highest BCUT2D eigenvalue weighted by atomic mass is 32.2. The predicted octanol–water partition coefficient (Wildman–Crippen LogP) is 0.259. The lowest BCUT2D eigenvalue weighted by atomic mass is 10.3. The summed E-state index contributed by atoms with van der Waals surface area (Å²) < 4.78 is 23.2. The van der Waals surface area contributed by atoms with E-state index in [9.17, 15) is 8.42 Å². The quantitative estimate of drug-likeness (QED) is 0.593. The van der Waals surface area contributed by atoms with Gasteiger partial charge in [0.25, 0.3) is 0 Å². The monoisotopic (exact) mass is 188 g/mol. The SMILES string of the molecule is CC1=NNC2CCCC2S1(=O)=O. The average molecular weight is 188 g/mol. The van der Waals surface area contributed by atoms with E-state index < -0.39 is 9.84 Å². The number of hydrogen-bond acceptors (Lipinski definition) is 4. The van der Waals surface area contributed by atoms with Crippen LogP contribution in [0.1, 0.15) is 26.2 Å². The van der Waals surface area contributed by atoms with Crippen molar-refractivity contribution in [3.05, 3.63) is 0 Å². The normalized spacial score (nSPS) is 38.2. The summed E-state index contributed by atoms with van der Waals surface area (Å²) in [5.41, 5.74) is 2.90. The van der Waals surface area contributed by atoms with Gasteiger partial charge in [-0.2, -0.15) is 5.10 Å². The Kier molecular flexibility index (Phi) is 1.64. The van der Waals surface area contributed by atoms with Crippen LogP contribution in [0.25, 0.3) is 0 Å². The van der Waals surface area contributed by atoms with Gasteiger partial charge in [0, 0.05) is 0 Å². The Bertz CT molecular complexity index is 320. The van der Waals surface area contributed by atoms with Crippen LogP contribution in [0.3, 0.4) is 0 Å². The Balaban J connectivity index is 2.43. The Morgan fingerprint density at radius 2 is 2.25 bits per heavy atom. The second kappa shape index (κ2) is 2.45. The number of rotatable bonds is 0. The zero-order valence-corrected chi connectivity index (χ0v) is 7.76. The summed E-state index contributed by atoms with van der Waals surface area (Å²) in [5, 5.41) is 3.83. The fraction of sp³-hybridized carbons (Fsp3) is 0.857. The summed E-state index contributed by atoms with van der Waals surface area (Å²) in [6.07, 6.45) is 2.71. The molecule has 4 nitrogen and oxygen atoms in total. The summed E-state index contributed by atoms with van der Waals surface area (Å²) in [7, 11) is -3.05. The topological polar surface area (TPSA) is 58.5 Å². The summed E-state index contributed by atoms with van der Waals surface area (Å²) in [6, 6.07) is 0.0682. The first kappa shape index (κ1) is 8.04. The molecule has 1 heterocycles. The summed E-state index contributed by atoms with van der Waals surface area (Å²) in [4.78, 5) is 0. The van der Waals surface area contributed by atoms with Crippen molar-refractivity contribution in [1.82, 2.24) is 5.43 Å². The highest BCUT2D eigenvalue weighted by molar-refractivity contribution is 8.07. The highest BCUT2D eigenvalue weighted by Gasteiger charge is 2.41. The molecule has 0 aromatic heterocycles. The van der Waals surface area contributed by atoms with Gasteiger partial charge in [0.2, 0.25) is 0 Å². The third-order valence-electron chi connectivity index (χ3n) is 2.65. The molecule has 0 saturated heterocycles. The fourth-order valence-corrected chi connectivity index (χ4v) is 3.63. The summed E-state index contributed by atoms with van der Waals surface area (Å²) >= 11 is 0. The molecule has 2 rings (SSSR count). The van der Waals surface area contributed by atoms with Gasteiger partial charge in [0.05, 0.1) is 11.3 Å². The van der Waals surface area contributed by atoms with Crippen molar-refractivity contribution in [2.75, 3.05) is 0 Å². The number of fused-ring (bicyclic) bond motifs is 1. The Morgan fingerprint density at radius 3 is 3.00 bits per heavy atom. The molecule has 1 saturated carbocycles. The molecule has 0 aromatic carbocycles.